The summed E-state index contributed by atoms with van der Waals surface area (Å²) in [7, 11) is 0. The van der Waals surface area contributed by atoms with Crippen LogP contribution in [-0.2, 0) is 22.6 Å². The van der Waals surface area contributed by atoms with Crippen LogP contribution in [0.15, 0.2) is 72.8 Å². The molecule has 4 nitrogen and oxygen atoms in total. The average molecular weight is 464 g/mol. The zero-order chi connectivity index (χ0) is 24.0. The van der Waals surface area contributed by atoms with Gasteiger partial charge in [0.2, 0.25) is 0 Å². The molecule has 0 amide bonds. The molecule has 34 heavy (non-hydrogen) atoms. The number of benzene rings is 3. The van der Waals surface area contributed by atoms with E-state index in [0.29, 0.717) is 19.8 Å². The van der Waals surface area contributed by atoms with Gasteiger partial charge in [0, 0.05) is 24.4 Å². The topological polar surface area (TPSA) is 39.7 Å². The zero-order valence-corrected chi connectivity index (χ0v) is 20.2. The van der Waals surface area contributed by atoms with Crippen molar-refractivity contribution in [2.24, 2.45) is 0 Å². The quantitative estimate of drug-likeness (QED) is 0.327. The molecule has 1 aliphatic heterocycles. The highest BCUT2D eigenvalue weighted by atomic mass is 19.1. The van der Waals surface area contributed by atoms with Gasteiger partial charge in [-0.15, -0.1) is 0 Å². The lowest BCUT2D eigenvalue weighted by Gasteiger charge is -2.44. The third-order valence-corrected chi connectivity index (χ3v) is 6.13. The van der Waals surface area contributed by atoms with Crippen molar-refractivity contribution in [2.45, 2.75) is 64.6 Å². The molecule has 0 spiro atoms. The molecular formula is C29H34FNO3. The lowest BCUT2D eigenvalue weighted by atomic mass is 9.87. The molecule has 2 atom stereocenters. The van der Waals surface area contributed by atoms with Crippen LogP contribution in [0.3, 0.4) is 0 Å². The lowest BCUT2D eigenvalue weighted by Crippen LogP contribution is -2.51. The second-order valence-electron chi connectivity index (χ2n) is 9.30. The van der Waals surface area contributed by atoms with E-state index in [-0.39, 0.29) is 18.0 Å². The van der Waals surface area contributed by atoms with Crippen molar-refractivity contribution >= 4 is 5.69 Å². The fourth-order valence-corrected chi connectivity index (χ4v) is 4.23. The summed E-state index contributed by atoms with van der Waals surface area (Å²) < 4.78 is 32.5. The molecule has 3 aromatic carbocycles. The summed E-state index contributed by atoms with van der Waals surface area (Å²) in [5.74, 6) is 0.587. The Kier molecular flexibility index (Phi) is 7.86. The molecule has 2 unspecified atom stereocenters. The lowest BCUT2D eigenvalue weighted by molar-refractivity contribution is -0.167. The van der Waals surface area contributed by atoms with Crippen LogP contribution in [0.2, 0.25) is 0 Å². The largest absolute Gasteiger partial charge is 0.485 e. The van der Waals surface area contributed by atoms with Crippen molar-refractivity contribution < 1.29 is 18.6 Å². The predicted molar refractivity (Wildman–Crippen MR) is 133 cm³/mol. The summed E-state index contributed by atoms with van der Waals surface area (Å²) in [6.07, 6.45) is 1.53. The summed E-state index contributed by atoms with van der Waals surface area (Å²) in [4.78, 5) is 0. The third-order valence-electron chi connectivity index (χ3n) is 6.13. The average Bonchev–Trinajstić information content (AvgIpc) is 2.83. The van der Waals surface area contributed by atoms with E-state index in [1.807, 2.05) is 30.3 Å². The first-order chi connectivity index (χ1) is 16.5. The van der Waals surface area contributed by atoms with Gasteiger partial charge in [0.15, 0.2) is 0 Å². The molecule has 0 radical (unpaired) electrons. The van der Waals surface area contributed by atoms with Gasteiger partial charge in [-0.05, 0) is 61.7 Å². The maximum absolute atomic E-state index is 13.2. The Morgan fingerprint density at radius 1 is 0.941 bits per heavy atom. The van der Waals surface area contributed by atoms with E-state index in [0.717, 1.165) is 41.0 Å². The summed E-state index contributed by atoms with van der Waals surface area (Å²) in [6, 6.07) is 22.8. The monoisotopic (exact) mass is 463 g/mol. The molecule has 4 rings (SSSR count). The van der Waals surface area contributed by atoms with Gasteiger partial charge in [-0.1, -0.05) is 55.8 Å². The maximum atomic E-state index is 13.2. The number of hydrogen-bond donors (Lipinski definition) is 1. The highest BCUT2D eigenvalue weighted by molar-refractivity contribution is 5.54. The van der Waals surface area contributed by atoms with Gasteiger partial charge < -0.3 is 19.5 Å². The first kappa shape index (κ1) is 24.2. The van der Waals surface area contributed by atoms with Crippen molar-refractivity contribution in [3.63, 3.8) is 0 Å². The Hall–Kier alpha value is -2.89. The number of rotatable bonds is 10. The molecule has 0 fully saturated rings. The highest BCUT2D eigenvalue weighted by Crippen LogP contribution is 2.44. The van der Waals surface area contributed by atoms with Crippen molar-refractivity contribution in [1.82, 2.24) is 0 Å². The third kappa shape index (κ3) is 5.96. The number of unbranched alkanes of at least 4 members (excludes halogenated alkanes) is 1. The van der Waals surface area contributed by atoms with E-state index in [4.69, 9.17) is 14.2 Å². The summed E-state index contributed by atoms with van der Waals surface area (Å²) in [5, 5.41) is 3.44. The van der Waals surface area contributed by atoms with Crippen LogP contribution in [0.25, 0.3) is 0 Å². The van der Waals surface area contributed by atoms with E-state index in [2.05, 4.69) is 44.3 Å². The number of hydrogen-bond acceptors (Lipinski definition) is 4. The standard InChI is InChI=1S/C29H34FNO3/c1-4-5-17-32-27-25-18-24(31-19-21-11-13-23(30)14-12-21)15-16-26(25)34-29(2,3)28(27)33-20-22-9-7-6-8-10-22/h6-16,18,27-28,31H,4-5,17,19-20H2,1-3H3. The number of fused-ring (bicyclic) bond motifs is 1. The Balaban J connectivity index is 1.56. The summed E-state index contributed by atoms with van der Waals surface area (Å²) in [5.41, 5.74) is 3.51. The summed E-state index contributed by atoms with van der Waals surface area (Å²) in [6.45, 7) is 8.02. The number of ether oxygens (including phenoxy) is 3. The van der Waals surface area contributed by atoms with E-state index in [1.165, 1.54) is 12.1 Å². The molecule has 0 saturated carbocycles. The first-order valence-electron chi connectivity index (χ1n) is 12.0. The maximum Gasteiger partial charge on any atom is 0.132 e. The van der Waals surface area contributed by atoms with E-state index in [1.54, 1.807) is 12.1 Å². The molecule has 1 heterocycles. The second-order valence-corrected chi connectivity index (χ2v) is 9.30. The van der Waals surface area contributed by atoms with Gasteiger partial charge in [0.05, 0.1) is 6.61 Å². The number of halogens is 1. The predicted octanol–water partition coefficient (Wildman–Crippen LogP) is 7.05. The van der Waals surface area contributed by atoms with Gasteiger partial charge in [-0.2, -0.15) is 0 Å². The van der Waals surface area contributed by atoms with Gasteiger partial charge in [0.1, 0.15) is 29.4 Å². The molecule has 1 N–H and O–H groups in total. The molecule has 0 aliphatic carbocycles. The minimum absolute atomic E-state index is 0.231. The Morgan fingerprint density at radius 2 is 1.71 bits per heavy atom. The number of nitrogens with one attached hydrogen (secondary N) is 1. The fourth-order valence-electron chi connectivity index (χ4n) is 4.23. The Labute approximate surface area is 202 Å². The van der Waals surface area contributed by atoms with Gasteiger partial charge in [0.25, 0.3) is 0 Å². The fraction of sp³-hybridized carbons (Fsp3) is 0.379. The summed E-state index contributed by atoms with van der Waals surface area (Å²) >= 11 is 0. The van der Waals surface area contributed by atoms with Gasteiger partial charge >= 0.3 is 0 Å². The van der Waals surface area contributed by atoms with Gasteiger partial charge in [-0.25, -0.2) is 4.39 Å². The Morgan fingerprint density at radius 3 is 2.44 bits per heavy atom. The van der Waals surface area contributed by atoms with Crippen molar-refractivity contribution in [1.29, 1.82) is 0 Å². The molecule has 3 aromatic rings. The van der Waals surface area contributed by atoms with Crippen LogP contribution in [-0.4, -0.2) is 18.3 Å². The molecule has 0 aromatic heterocycles. The van der Waals surface area contributed by atoms with E-state index >= 15 is 0 Å². The molecule has 1 aliphatic rings. The van der Waals surface area contributed by atoms with Crippen LogP contribution < -0.4 is 10.1 Å². The van der Waals surface area contributed by atoms with Crippen molar-refractivity contribution in [2.75, 3.05) is 11.9 Å². The zero-order valence-electron chi connectivity index (χ0n) is 20.2. The van der Waals surface area contributed by atoms with Gasteiger partial charge in [-0.3, -0.25) is 0 Å². The minimum Gasteiger partial charge on any atom is -0.485 e. The van der Waals surface area contributed by atoms with Crippen molar-refractivity contribution in [3.8, 4) is 5.75 Å². The second kappa shape index (κ2) is 11.0. The van der Waals surface area contributed by atoms with E-state index < -0.39 is 5.60 Å². The molecular weight excluding hydrogens is 429 g/mol. The number of anilines is 1. The van der Waals surface area contributed by atoms with Crippen molar-refractivity contribution in [3.05, 3.63) is 95.3 Å². The van der Waals surface area contributed by atoms with Crippen LogP contribution in [0.4, 0.5) is 10.1 Å². The first-order valence-corrected chi connectivity index (χ1v) is 12.0. The van der Waals surface area contributed by atoms with Crippen LogP contribution in [0.1, 0.15) is 56.4 Å². The smallest absolute Gasteiger partial charge is 0.132 e. The van der Waals surface area contributed by atoms with Crippen LogP contribution in [0.5, 0.6) is 5.75 Å². The SMILES string of the molecule is CCCCOC1c2cc(NCc3ccc(F)cc3)ccc2OC(C)(C)C1OCc1ccccc1. The Bertz CT molecular complexity index is 1050. The molecule has 0 saturated heterocycles. The molecule has 180 valence electrons. The minimum atomic E-state index is -0.554. The highest BCUT2D eigenvalue weighted by Gasteiger charge is 2.45. The van der Waals surface area contributed by atoms with E-state index in [9.17, 15) is 4.39 Å². The molecule has 0 bridgehead atoms. The normalized spacial score (nSPS) is 18.7. The van der Waals surface area contributed by atoms with Crippen LogP contribution >= 0.6 is 0 Å². The molecule has 5 heteroatoms. The van der Waals surface area contributed by atoms with Crippen LogP contribution in [0, 0.1) is 5.82 Å².